The quantitative estimate of drug-likeness (QED) is 0.176. The average Bonchev–Trinajstić information content (AvgIpc) is 3.29. The number of aromatic nitrogens is 3. The highest BCUT2D eigenvalue weighted by molar-refractivity contribution is 6.04. The van der Waals surface area contributed by atoms with E-state index in [-0.39, 0.29) is 18.0 Å². The number of amides is 3. The molecule has 2 aromatic heterocycles. The van der Waals surface area contributed by atoms with Crippen LogP contribution in [0.1, 0.15) is 52.1 Å². The Morgan fingerprint density at radius 2 is 1.85 bits per heavy atom. The summed E-state index contributed by atoms with van der Waals surface area (Å²) in [5.74, 6) is -2.86. The van der Waals surface area contributed by atoms with Crippen LogP contribution in [0.4, 0.5) is 16.3 Å². The zero-order valence-corrected chi connectivity index (χ0v) is 23.0. The van der Waals surface area contributed by atoms with Crippen LogP contribution in [-0.4, -0.2) is 74.3 Å². The molecule has 216 valence electrons. The van der Waals surface area contributed by atoms with Gasteiger partial charge in [0.1, 0.15) is 11.8 Å². The molecule has 14 heteroatoms. The number of carbonyl (C=O) groups excluding carboxylic acids is 4. The Labute approximate surface area is 234 Å². The molecule has 0 atom stereocenters. The van der Waals surface area contributed by atoms with Crippen LogP contribution in [0.25, 0.3) is 5.52 Å². The molecular weight excluding hydrogens is 536 g/mol. The van der Waals surface area contributed by atoms with E-state index in [1.54, 1.807) is 42.8 Å². The van der Waals surface area contributed by atoms with Crippen LogP contribution < -0.4 is 10.6 Å². The van der Waals surface area contributed by atoms with Crippen LogP contribution in [0.15, 0.2) is 42.9 Å². The summed E-state index contributed by atoms with van der Waals surface area (Å²) < 4.78 is 11.0. The van der Waals surface area contributed by atoms with E-state index in [9.17, 15) is 24.0 Å². The minimum atomic E-state index is -1.35. The number of rotatable bonds is 11. The summed E-state index contributed by atoms with van der Waals surface area (Å²) in [6, 6.07) is 4.79. The van der Waals surface area contributed by atoms with Gasteiger partial charge in [-0.05, 0) is 50.5 Å². The van der Waals surface area contributed by atoms with Crippen LogP contribution in [0, 0.1) is 13.8 Å². The fraction of sp³-hybridized carbons (Fsp3) is 0.296. The first-order valence-corrected chi connectivity index (χ1v) is 12.6. The van der Waals surface area contributed by atoms with Gasteiger partial charge >= 0.3 is 18.0 Å². The molecule has 0 fully saturated rings. The van der Waals surface area contributed by atoms with E-state index in [1.165, 1.54) is 6.33 Å². The van der Waals surface area contributed by atoms with E-state index in [0.717, 1.165) is 16.9 Å². The summed E-state index contributed by atoms with van der Waals surface area (Å²) in [6.45, 7) is 6.83. The van der Waals surface area contributed by atoms with Crippen LogP contribution >= 0.6 is 0 Å². The Balaban J connectivity index is 1.79. The molecule has 41 heavy (non-hydrogen) atoms. The Hall–Kier alpha value is -5.27. The lowest BCUT2D eigenvalue weighted by atomic mass is 10.1. The number of aryl methyl sites for hydroxylation is 2. The molecule has 0 spiro atoms. The van der Waals surface area contributed by atoms with Crippen molar-refractivity contribution in [1.29, 1.82) is 0 Å². The van der Waals surface area contributed by atoms with Crippen molar-refractivity contribution in [1.82, 2.24) is 24.8 Å². The number of nitrogens with one attached hydrogen (secondary N) is 2. The second kappa shape index (κ2) is 13.7. The second-order valence-electron chi connectivity index (χ2n) is 8.69. The highest BCUT2D eigenvalue weighted by Gasteiger charge is 2.24. The van der Waals surface area contributed by atoms with Crippen molar-refractivity contribution in [2.24, 2.45) is 0 Å². The number of esters is 1. The zero-order valence-electron chi connectivity index (χ0n) is 23.0. The van der Waals surface area contributed by atoms with E-state index in [0.29, 0.717) is 46.8 Å². The summed E-state index contributed by atoms with van der Waals surface area (Å²) in [4.78, 5) is 65.3. The minimum absolute atomic E-state index is 0.0417. The predicted molar refractivity (Wildman–Crippen MR) is 146 cm³/mol. The topological polar surface area (TPSA) is 182 Å². The van der Waals surface area contributed by atoms with Crippen LogP contribution in [0.5, 0.6) is 0 Å². The van der Waals surface area contributed by atoms with E-state index >= 15 is 0 Å². The van der Waals surface area contributed by atoms with E-state index in [2.05, 4.69) is 25.5 Å². The molecule has 14 nitrogen and oxygen atoms in total. The second-order valence-corrected chi connectivity index (χ2v) is 8.69. The number of ether oxygens (including phenoxy) is 2. The lowest BCUT2D eigenvalue weighted by Crippen LogP contribution is -2.37. The van der Waals surface area contributed by atoms with Crippen molar-refractivity contribution in [3.8, 4) is 0 Å². The normalized spacial score (nSPS) is 10.8. The van der Waals surface area contributed by atoms with Gasteiger partial charge in [-0.2, -0.15) is 5.10 Å². The number of benzene rings is 1. The molecule has 0 aliphatic rings. The molecule has 3 rings (SSSR count). The van der Waals surface area contributed by atoms with Gasteiger partial charge in [-0.25, -0.2) is 28.8 Å². The third-order valence-corrected chi connectivity index (χ3v) is 5.87. The largest absolute Gasteiger partial charge is 0.478 e. The van der Waals surface area contributed by atoms with Crippen molar-refractivity contribution in [3.63, 3.8) is 0 Å². The molecule has 3 amide bonds. The maximum Gasteiger partial charge on any atom is 0.419 e. The first-order valence-electron chi connectivity index (χ1n) is 12.6. The smallest absolute Gasteiger partial charge is 0.419 e. The van der Waals surface area contributed by atoms with Gasteiger partial charge in [0.15, 0.2) is 5.82 Å². The maximum atomic E-state index is 13.2. The SMILES string of the molecule is CCCNC(=O)c1cn2ncnc(Nc3cc(C(=O)N(CC)C(=O)OCOC(=O)/C=C/C(=O)O)ccc3C)c2c1C. The fourth-order valence-corrected chi connectivity index (χ4v) is 3.75. The molecule has 0 bridgehead atoms. The lowest BCUT2D eigenvalue weighted by Gasteiger charge is -2.19. The Bertz CT molecular complexity index is 1510. The number of carbonyl (C=O) groups is 5. The van der Waals surface area contributed by atoms with Gasteiger partial charge in [-0.15, -0.1) is 0 Å². The van der Waals surface area contributed by atoms with Crippen LogP contribution in [0.3, 0.4) is 0 Å². The zero-order chi connectivity index (χ0) is 30.1. The maximum absolute atomic E-state index is 13.2. The fourth-order valence-electron chi connectivity index (χ4n) is 3.75. The number of nitrogens with zero attached hydrogens (tertiary/aromatic N) is 4. The Kier molecular flexibility index (Phi) is 10.1. The Morgan fingerprint density at radius 1 is 1.10 bits per heavy atom. The Morgan fingerprint density at radius 3 is 2.54 bits per heavy atom. The highest BCUT2D eigenvalue weighted by Crippen LogP contribution is 2.28. The highest BCUT2D eigenvalue weighted by atomic mass is 16.7. The number of hydrogen-bond donors (Lipinski definition) is 3. The third-order valence-electron chi connectivity index (χ3n) is 5.87. The van der Waals surface area contributed by atoms with Crippen molar-refractivity contribution in [2.45, 2.75) is 34.1 Å². The summed E-state index contributed by atoms with van der Waals surface area (Å²) >= 11 is 0. The molecule has 0 unspecified atom stereocenters. The van der Waals surface area contributed by atoms with Crippen molar-refractivity contribution >= 4 is 46.9 Å². The molecule has 0 saturated carbocycles. The molecule has 0 aliphatic carbocycles. The van der Waals surface area contributed by atoms with Gasteiger partial charge in [0, 0.05) is 42.7 Å². The molecule has 0 saturated heterocycles. The van der Waals surface area contributed by atoms with Crippen LogP contribution in [0.2, 0.25) is 0 Å². The third kappa shape index (κ3) is 7.44. The van der Waals surface area contributed by atoms with Gasteiger partial charge < -0.3 is 25.2 Å². The minimum Gasteiger partial charge on any atom is -0.478 e. The average molecular weight is 567 g/mol. The number of imide groups is 1. The van der Waals surface area contributed by atoms with Gasteiger partial charge in [0.05, 0.1) is 5.56 Å². The molecule has 3 N–H and O–H groups in total. The molecule has 2 heterocycles. The summed E-state index contributed by atoms with van der Waals surface area (Å²) in [5, 5.41) is 18.8. The number of fused-ring (bicyclic) bond motifs is 1. The van der Waals surface area contributed by atoms with E-state index in [1.807, 2.05) is 13.8 Å². The molecular formula is C27H30N6O8. The number of aliphatic carboxylic acids is 1. The van der Waals surface area contributed by atoms with Crippen molar-refractivity contribution in [2.75, 3.05) is 25.2 Å². The molecule has 0 aliphatic heterocycles. The van der Waals surface area contributed by atoms with Gasteiger partial charge in [-0.3, -0.25) is 9.59 Å². The monoisotopic (exact) mass is 566 g/mol. The molecule has 3 aromatic rings. The number of anilines is 2. The van der Waals surface area contributed by atoms with E-state index < -0.39 is 30.7 Å². The van der Waals surface area contributed by atoms with Crippen molar-refractivity contribution in [3.05, 3.63) is 65.1 Å². The summed E-state index contributed by atoms with van der Waals surface area (Å²) in [7, 11) is 0. The first-order chi connectivity index (χ1) is 19.6. The molecule has 1 aromatic carbocycles. The number of carboxylic acids is 1. The number of carboxylic acid groups (broad SMARTS) is 1. The summed E-state index contributed by atoms with van der Waals surface area (Å²) in [5.41, 5.74) is 3.17. The first kappa shape index (κ1) is 30.3. The number of hydrogen-bond acceptors (Lipinski definition) is 10. The molecule has 0 radical (unpaired) electrons. The van der Waals surface area contributed by atoms with Gasteiger partial charge in [0.2, 0.25) is 6.79 Å². The van der Waals surface area contributed by atoms with Gasteiger partial charge in [0.25, 0.3) is 11.8 Å². The van der Waals surface area contributed by atoms with Gasteiger partial charge in [-0.1, -0.05) is 13.0 Å². The summed E-state index contributed by atoms with van der Waals surface area (Å²) in [6.07, 6.45) is 3.93. The van der Waals surface area contributed by atoms with E-state index in [4.69, 9.17) is 9.84 Å². The van der Waals surface area contributed by atoms with Crippen molar-refractivity contribution < 1.29 is 38.6 Å². The van der Waals surface area contributed by atoms with Crippen LogP contribution in [-0.2, 0) is 19.1 Å². The predicted octanol–water partition coefficient (Wildman–Crippen LogP) is 2.97. The lowest BCUT2D eigenvalue weighted by molar-refractivity contribution is -0.146. The standard InChI is InChI=1S/C27H30N6O8/c1-5-11-28-25(37)19-13-33-23(17(19)4)24(29-14-30-33)31-20-12-18(8-7-16(20)3)26(38)32(6-2)27(39)41-15-40-22(36)10-9-21(34)35/h7-10,12-14H,5-6,11,15H2,1-4H3,(H,28,37)(H,34,35)(H,29,30,31)/b10-9+.